The van der Waals surface area contributed by atoms with Gasteiger partial charge in [0.2, 0.25) is 0 Å². The lowest BCUT2D eigenvalue weighted by molar-refractivity contribution is -0.167. The fourth-order valence-electron chi connectivity index (χ4n) is 7.46. The summed E-state index contributed by atoms with van der Waals surface area (Å²) in [7, 11) is 0. The fraction of sp³-hybridized carbons (Fsp3) is 0.689. The summed E-state index contributed by atoms with van der Waals surface area (Å²) in [6.07, 6.45) is 72.6. The highest BCUT2D eigenvalue weighted by Gasteiger charge is 2.19. The molecule has 0 aromatic heterocycles. The summed E-state index contributed by atoms with van der Waals surface area (Å²) in [5.74, 6) is -1.01. The predicted octanol–water partition coefficient (Wildman–Crippen LogP) is 18.5. The number of hydrogen-bond donors (Lipinski definition) is 0. The third kappa shape index (κ3) is 53.2. The van der Waals surface area contributed by atoms with Crippen molar-refractivity contribution in [2.45, 2.75) is 258 Å². The minimum Gasteiger partial charge on any atom is -0.462 e. The van der Waals surface area contributed by atoms with Crippen LogP contribution in [0.3, 0.4) is 0 Å². The van der Waals surface area contributed by atoms with E-state index in [1.165, 1.54) is 135 Å². The van der Waals surface area contributed by atoms with Gasteiger partial charge in [-0.25, -0.2) is 0 Å². The molecule has 0 aliphatic rings. The van der Waals surface area contributed by atoms with Crippen LogP contribution in [0.1, 0.15) is 252 Å². The zero-order valence-corrected chi connectivity index (χ0v) is 43.6. The second-order valence-electron chi connectivity index (χ2n) is 18.2. The average molecular weight is 931 g/mol. The molecule has 6 heteroatoms. The Morgan fingerprint density at radius 2 is 0.657 bits per heavy atom. The van der Waals surface area contributed by atoms with Gasteiger partial charge in [-0.1, -0.05) is 234 Å². The number of rotatable bonds is 49. The molecule has 1 unspecified atom stereocenters. The van der Waals surface area contributed by atoms with Crippen LogP contribution in [0.5, 0.6) is 0 Å². The van der Waals surface area contributed by atoms with Crippen molar-refractivity contribution in [3.8, 4) is 0 Å². The topological polar surface area (TPSA) is 78.9 Å². The highest BCUT2D eigenvalue weighted by Crippen LogP contribution is 2.14. The molecular formula is C61H102O6. The molecule has 0 radical (unpaired) electrons. The van der Waals surface area contributed by atoms with Crippen molar-refractivity contribution in [3.63, 3.8) is 0 Å². The number of ether oxygens (including phenoxy) is 3. The molecule has 0 spiro atoms. The largest absolute Gasteiger partial charge is 0.462 e. The van der Waals surface area contributed by atoms with Gasteiger partial charge in [-0.15, -0.1) is 0 Å². The summed E-state index contributed by atoms with van der Waals surface area (Å²) < 4.78 is 16.7. The molecule has 0 amide bonds. The van der Waals surface area contributed by atoms with E-state index in [1.54, 1.807) is 0 Å². The van der Waals surface area contributed by atoms with Crippen LogP contribution >= 0.6 is 0 Å². The number of carbonyl (C=O) groups excluding carboxylic acids is 3. The zero-order chi connectivity index (χ0) is 48.6. The summed E-state index contributed by atoms with van der Waals surface area (Å²) >= 11 is 0. The summed E-state index contributed by atoms with van der Waals surface area (Å²) in [6, 6.07) is 0. The lowest BCUT2D eigenvalue weighted by Crippen LogP contribution is -2.30. The van der Waals surface area contributed by atoms with Crippen molar-refractivity contribution in [2.24, 2.45) is 0 Å². The van der Waals surface area contributed by atoms with Crippen LogP contribution in [0.25, 0.3) is 0 Å². The van der Waals surface area contributed by atoms with Gasteiger partial charge in [0.25, 0.3) is 0 Å². The monoisotopic (exact) mass is 931 g/mol. The Kier molecular flexibility index (Phi) is 51.9. The molecule has 0 saturated carbocycles. The number of allylic oxidation sites excluding steroid dienone is 16. The molecule has 0 aromatic carbocycles. The molecule has 0 aromatic rings. The molecule has 0 N–H and O–H groups in total. The highest BCUT2D eigenvalue weighted by molar-refractivity contribution is 5.71. The van der Waals surface area contributed by atoms with Crippen molar-refractivity contribution in [1.29, 1.82) is 0 Å². The number of carbonyl (C=O) groups is 3. The molecule has 0 aliphatic carbocycles. The van der Waals surface area contributed by atoms with Gasteiger partial charge in [0.15, 0.2) is 6.10 Å². The van der Waals surface area contributed by atoms with Crippen LogP contribution in [-0.4, -0.2) is 37.2 Å². The Morgan fingerprint density at radius 1 is 0.328 bits per heavy atom. The average Bonchev–Trinajstić information content (AvgIpc) is 3.33. The van der Waals surface area contributed by atoms with Crippen molar-refractivity contribution in [2.75, 3.05) is 13.2 Å². The van der Waals surface area contributed by atoms with E-state index in [9.17, 15) is 14.4 Å². The van der Waals surface area contributed by atoms with Gasteiger partial charge >= 0.3 is 17.9 Å². The smallest absolute Gasteiger partial charge is 0.306 e. The lowest BCUT2D eigenvalue weighted by atomic mass is 10.1. The van der Waals surface area contributed by atoms with Crippen molar-refractivity contribution in [1.82, 2.24) is 0 Å². The maximum Gasteiger partial charge on any atom is 0.306 e. The van der Waals surface area contributed by atoms with E-state index in [2.05, 4.69) is 81.5 Å². The van der Waals surface area contributed by atoms with Crippen molar-refractivity contribution in [3.05, 3.63) is 97.2 Å². The zero-order valence-electron chi connectivity index (χ0n) is 43.6. The summed E-state index contributed by atoms with van der Waals surface area (Å²) in [5.41, 5.74) is 0. The Hall–Kier alpha value is -3.67. The van der Waals surface area contributed by atoms with E-state index in [0.29, 0.717) is 19.3 Å². The summed E-state index contributed by atoms with van der Waals surface area (Å²) in [5, 5.41) is 0. The first-order chi connectivity index (χ1) is 33.0. The lowest BCUT2D eigenvalue weighted by Gasteiger charge is -2.18. The highest BCUT2D eigenvalue weighted by atomic mass is 16.6. The quantitative estimate of drug-likeness (QED) is 0.0199. The molecule has 382 valence electrons. The first kappa shape index (κ1) is 63.3. The van der Waals surface area contributed by atoms with Gasteiger partial charge < -0.3 is 14.2 Å². The molecule has 0 aliphatic heterocycles. The predicted molar refractivity (Wildman–Crippen MR) is 288 cm³/mol. The second-order valence-corrected chi connectivity index (χ2v) is 18.2. The molecule has 1 atom stereocenters. The van der Waals surface area contributed by atoms with Gasteiger partial charge in [-0.3, -0.25) is 14.4 Å². The van der Waals surface area contributed by atoms with E-state index in [1.807, 2.05) is 36.5 Å². The second kappa shape index (κ2) is 54.9. The molecule has 0 heterocycles. The Morgan fingerprint density at radius 3 is 1.12 bits per heavy atom. The van der Waals surface area contributed by atoms with Crippen LogP contribution < -0.4 is 0 Å². The number of esters is 3. The van der Waals surface area contributed by atoms with Gasteiger partial charge in [0.1, 0.15) is 13.2 Å². The van der Waals surface area contributed by atoms with E-state index in [0.717, 1.165) is 70.6 Å². The molecule has 0 fully saturated rings. The van der Waals surface area contributed by atoms with E-state index < -0.39 is 6.10 Å². The van der Waals surface area contributed by atoms with Crippen LogP contribution in [0.4, 0.5) is 0 Å². The number of unbranched alkanes of at least 4 members (excludes halogenated alkanes) is 25. The summed E-state index contributed by atoms with van der Waals surface area (Å²) in [4.78, 5) is 38.0. The van der Waals surface area contributed by atoms with Crippen LogP contribution in [0, 0.1) is 0 Å². The first-order valence-electron chi connectivity index (χ1n) is 27.8. The molecular weight excluding hydrogens is 829 g/mol. The first-order valence-corrected chi connectivity index (χ1v) is 27.8. The van der Waals surface area contributed by atoms with Gasteiger partial charge in [-0.05, 0) is 96.3 Å². The minimum atomic E-state index is -0.823. The van der Waals surface area contributed by atoms with E-state index in [4.69, 9.17) is 14.2 Å². The van der Waals surface area contributed by atoms with Gasteiger partial charge in [0.05, 0.1) is 0 Å². The molecule has 0 rings (SSSR count). The van der Waals surface area contributed by atoms with E-state index >= 15 is 0 Å². The standard InChI is InChI=1S/C61H102O6/c1-4-7-10-13-16-19-22-25-27-29-30-32-33-36-39-42-45-48-51-54-60(63)66-57-58(56-65-59(62)53-50-47-44-41-38-35-24-21-18-15-12-9-6-3)67-61(64)55-52-49-46-43-40-37-34-31-28-26-23-20-17-14-11-8-5-2/h9,12,15,18,21,24,26,28-30,34-35,37-38,43,46,58H,4-8,10-11,13-14,16-17,19-20,22-23,25,27,31-33,36,39-42,44-45,47-57H2,1-3H3/b12-9+,18-15+,24-21+,28-26+,30-29+,37-34+,38-35+,46-43+. The minimum absolute atomic E-state index is 0.113. The normalized spacial score (nSPS) is 12.8. The Balaban J connectivity index is 4.49. The van der Waals surface area contributed by atoms with Crippen LogP contribution in [-0.2, 0) is 28.6 Å². The summed E-state index contributed by atoms with van der Waals surface area (Å²) in [6.45, 7) is 6.41. The van der Waals surface area contributed by atoms with E-state index in [-0.39, 0.29) is 37.5 Å². The van der Waals surface area contributed by atoms with Gasteiger partial charge in [0, 0.05) is 19.3 Å². The molecule has 0 saturated heterocycles. The van der Waals surface area contributed by atoms with Gasteiger partial charge in [-0.2, -0.15) is 0 Å². The van der Waals surface area contributed by atoms with Crippen LogP contribution in [0.15, 0.2) is 97.2 Å². The Bertz CT molecular complexity index is 1350. The third-order valence-corrected chi connectivity index (χ3v) is 11.6. The Labute approximate surface area is 413 Å². The maximum absolute atomic E-state index is 12.8. The van der Waals surface area contributed by atoms with Crippen LogP contribution in [0.2, 0.25) is 0 Å². The third-order valence-electron chi connectivity index (χ3n) is 11.6. The fourth-order valence-corrected chi connectivity index (χ4v) is 7.46. The molecule has 0 bridgehead atoms. The van der Waals surface area contributed by atoms with Crippen molar-refractivity contribution >= 4 is 17.9 Å². The number of hydrogen-bond acceptors (Lipinski definition) is 6. The van der Waals surface area contributed by atoms with Crippen molar-refractivity contribution < 1.29 is 28.6 Å². The maximum atomic E-state index is 12.8. The molecule has 6 nitrogen and oxygen atoms in total. The SMILES string of the molecule is CC/C=C/C=C/C=C/C=C/CCCCCC(=O)OCC(COC(=O)CCCCCCCCC/C=C/CCCCCCCCCC)OC(=O)CCC/C=C/C/C=C/C/C=C/CCCCCCCC. The molecule has 67 heavy (non-hydrogen) atoms.